The molecule has 0 bridgehead atoms. The molecule has 3 rings (SSSR count). The molecule has 0 aliphatic carbocycles. The molecule has 0 saturated carbocycles. The van der Waals surface area contributed by atoms with Crippen molar-refractivity contribution in [3.63, 3.8) is 0 Å². The van der Waals surface area contributed by atoms with E-state index in [1.807, 2.05) is 24.3 Å². The van der Waals surface area contributed by atoms with Gasteiger partial charge in [0, 0.05) is 22.5 Å². The van der Waals surface area contributed by atoms with Gasteiger partial charge < -0.3 is 15.4 Å². The number of rotatable bonds is 5. The molecular weight excluding hydrogens is 340 g/mol. The highest BCUT2D eigenvalue weighted by Crippen LogP contribution is 2.19. The molecule has 0 spiro atoms. The molecule has 126 valence electrons. The van der Waals surface area contributed by atoms with E-state index in [2.05, 4.69) is 20.6 Å². The lowest BCUT2D eigenvalue weighted by Gasteiger charge is -2.08. The number of aromatic nitrogens is 2. The number of halogens is 1. The minimum absolute atomic E-state index is 0.242. The first-order chi connectivity index (χ1) is 12.1. The van der Waals surface area contributed by atoms with Crippen LogP contribution < -0.4 is 15.4 Å². The van der Waals surface area contributed by atoms with E-state index in [0.717, 1.165) is 11.4 Å². The van der Waals surface area contributed by atoms with Crippen LogP contribution in [0.4, 0.5) is 17.2 Å². The third kappa shape index (κ3) is 4.45. The molecule has 25 heavy (non-hydrogen) atoms. The molecule has 2 aromatic carbocycles. The van der Waals surface area contributed by atoms with E-state index >= 15 is 0 Å². The Bertz CT molecular complexity index is 884. The summed E-state index contributed by atoms with van der Waals surface area (Å²) in [5, 5.41) is 6.41. The molecule has 0 atom stereocenters. The van der Waals surface area contributed by atoms with E-state index in [1.165, 1.54) is 6.33 Å². The smallest absolute Gasteiger partial charge is 0.274 e. The zero-order chi connectivity index (χ0) is 17.6. The second-order valence-corrected chi connectivity index (χ2v) is 5.54. The number of hydrogen-bond acceptors (Lipinski definition) is 5. The molecule has 2 N–H and O–H groups in total. The van der Waals surface area contributed by atoms with Crippen molar-refractivity contribution in [1.82, 2.24) is 9.97 Å². The quantitative estimate of drug-likeness (QED) is 0.720. The molecule has 0 aliphatic heterocycles. The predicted molar refractivity (Wildman–Crippen MR) is 97.7 cm³/mol. The zero-order valence-corrected chi connectivity index (χ0v) is 14.1. The van der Waals surface area contributed by atoms with Gasteiger partial charge >= 0.3 is 0 Å². The van der Waals surface area contributed by atoms with E-state index in [1.54, 1.807) is 37.4 Å². The minimum Gasteiger partial charge on any atom is -0.497 e. The number of hydrogen-bond donors (Lipinski definition) is 2. The topological polar surface area (TPSA) is 76.1 Å². The van der Waals surface area contributed by atoms with E-state index < -0.39 is 0 Å². The lowest BCUT2D eigenvalue weighted by atomic mass is 10.3. The van der Waals surface area contributed by atoms with Crippen molar-refractivity contribution in [2.45, 2.75) is 0 Å². The van der Waals surface area contributed by atoms with E-state index in [9.17, 15) is 4.79 Å². The van der Waals surface area contributed by atoms with Crippen LogP contribution in [0.15, 0.2) is 60.9 Å². The molecule has 0 aliphatic rings. The summed E-state index contributed by atoms with van der Waals surface area (Å²) in [5.74, 6) is 0.925. The van der Waals surface area contributed by atoms with Crippen LogP contribution in [-0.2, 0) is 0 Å². The fourth-order valence-corrected chi connectivity index (χ4v) is 2.32. The number of nitrogens with one attached hydrogen (secondary N) is 2. The molecule has 1 aromatic heterocycles. The number of amides is 1. The summed E-state index contributed by atoms with van der Waals surface area (Å²) >= 11 is 5.92. The molecule has 0 saturated heterocycles. The summed E-state index contributed by atoms with van der Waals surface area (Å²) in [6.07, 6.45) is 1.33. The monoisotopic (exact) mass is 354 g/mol. The van der Waals surface area contributed by atoms with Crippen molar-refractivity contribution < 1.29 is 9.53 Å². The predicted octanol–water partition coefficient (Wildman–Crippen LogP) is 4.13. The van der Waals surface area contributed by atoms with Gasteiger partial charge in [0.05, 0.1) is 7.11 Å². The maximum absolute atomic E-state index is 12.3. The van der Waals surface area contributed by atoms with Crippen molar-refractivity contribution in [2.75, 3.05) is 17.7 Å². The molecule has 0 fully saturated rings. The lowest BCUT2D eigenvalue weighted by Crippen LogP contribution is -2.14. The van der Waals surface area contributed by atoms with Crippen molar-refractivity contribution >= 4 is 34.7 Å². The summed E-state index contributed by atoms with van der Waals surface area (Å²) < 4.78 is 5.12. The molecule has 7 heteroatoms. The standard InChI is InChI=1S/C18H15ClN4O2/c1-25-15-7-5-13(6-8-15)22-17-10-16(20-11-21-17)18(24)23-14-4-2-3-12(19)9-14/h2-11H,1H3,(H,23,24)(H,20,21,22). The SMILES string of the molecule is COc1ccc(Nc2cc(C(=O)Nc3cccc(Cl)c3)ncn2)cc1. The Morgan fingerprint density at radius 2 is 1.84 bits per heavy atom. The van der Waals surface area contributed by atoms with Gasteiger partial charge in [-0.25, -0.2) is 9.97 Å². The summed E-state index contributed by atoms with van der Waals surface area (Å²) in [7, 11) is 1.61. The normalized spacial score (nSPS) is 10.2. The number of methoxy groups -OCH3 is 1. The van der Waals surface area contributed by atoms with Gasteiger partial charge in [-0.05, 0) is 42.5 Å². The van der Waals surface area contributed by atoms with Gasteiger partial charge in [-0.3, -0.25) is 4.79 Å². The van der Waals surface area contributed by atoms with Crippen LogP contribution >= 0.6 is 11.6 Å². The first kappa shape index (κ1) is 16.7. The molecule has 3 aromatic rings. The highest BCUT2D eigenvalue weighted by molar-refractivity contribution is 6.30. The molecule has 0 radical (unpaired) electrons. The second-order valence-electron chi connectivity index (χ2n) is 5.11. The van der Waals surface area contributed by atoms with Crippen molar-refractivity contribution in [1.29, 1.82) is 0 Å². The number of anilines is 3. The maximum Gasteiger partial charge on any atom is 0.274 e. The second kappa shape index (κ2) is 7.63. The van der Waals surface area contributed by atoms with Gasteiger partial charge in [-0.15, -0.1) is 0 Å². The third-order valence-electron chi connectivity index (χ3n) is 3.34. The summed E-state index contributed by atoms with van der Waals surface area (Å²) in [6, 6.07) is 15.8. The fraction of sp³-hybridized carbons (Fsp3) is 0.0556. The highest BCUT2D eigenvalue weighted by Gasteiger charge is 2.10. The first-order valence-electron chi connectivity index (χ1n) is 7.44. The summed E-state index contributed by atoms with van der Waals surface area (Å²) in [6.45, 7) is 0. The minimum atomic E-state index is -0.345. The van der Waals surface area contributed by atoms with Crippen LogP contribution in [0.2, 0.25) is 5.02 Å². The van der Waals surface area contributed by atoms with E-state index in [-0.39, 0.29) is 11.6 Å². The van der Waals surface area contributed by atoms with Crippen LogP contribution in [0.1, 0.15) is 10.5 Å². The molecule has 1 heterocycles. The Balaban J connectivity index is 1.72. The molecule has 0 unspecified atom stereocenters. The number of carbonyl (C=O) groups is 1. The van der Waals surface area contributed by atoms with Crippen molar-refractivity contribution in [3.05, 3.63) is 71.6 Å². The van der Waals surface area contributed by atoms with Gasteiger partial charge in [0.15, 0.2) is 0 Å². The highest BCUT2D eigenvalue weighted by atomic mass is 35.5. The van der Waals surface area contributed by atoms with Crippen LogP contribution in [0, 0.1) is 0 Å². The zero-order valence-electron chi connectivity index (χ0n) is 13.4. The van der Waals surface area contributed by atoms with Crippen molar-refractivity contribution in [2.24, 2.45) is 0 Å². The molecule has 6 nitrogen and oxygen atoms in total. The Morgan fingerprint density at radius 1 is 1.04 bits per heavy atom. The Hall–Kier alpha value is -3.12. The number of nitrogens with zero attached hydrogens (tertiary/aromatic N) is 2. The van der Waals surface area contributed by atoms with Gasteiger partial charge in [0.2, 0.25) is 0 Å². The van der Waals surface area contributed by atoms with Gasteiger partial charge in [-0.2, -0.15) is 0 Å². The van der Waals surface area contributed by atoms with Gasteiger partial charge in [-0.1, -0.05) is 17.7 Å². The fourth-order valence-electron chi connectivity index (χ4n) is 2.13. The molecule has 1 amide bonds. The maximum atomic E-state index is 12.3. The Labute approximate surface area is 149 Å². The molecular formula is C18H15ClN4O2. The average Bonchev–Trinajstić information content (AvgIpc) is 2.62. The van der Waals surface area contributed by atoms with E-state index in [4.69, 9.17) is 16.3 Å². The van der Waals surface area contributed by atoms with Gasteiger partial charge in [0.25, 0.3) is 5.91 Å². The third-order valence-corrected chi connectivity index (χ3v) is 3.58. The average molecular weight is 355 g/mol. The van der Waals surface area contributed by atoms with Crippen LogP contribution in [0.3, 0.4) is 0 Å². The van der Waals surface area contributed by atoms with E-state index in [0.29, 0.717) is 16.5 Å². The van der Waals surface area contributed by atoms with Crippen LogP contribution in [0.25, 0.3) is 0 Å². The van der Waals surface area contributed by atoms with Crippen LogP contribution in [0.5, 0.6) is 5.75 Å². The number of ether oxygens (including phenoxy) is 1. The van der Waals surface area contributed by atoms with Crippen LogP contribution in [-0.4, -0.2) is 23.0 Å². The summed E-state index contributed by atoms with van der Waals surface area (Å²) in [4.78, 5) is 20.5. The summed E-state index contributed by atoms with van der Waals surface area (Å²) in [5.41, 5.74) is 1.66. The first-order valence-corrected chi connectivity index (χ1v) is 7.82. The number of carbonyl (C=O) groups excluding carboxylic acids is 1. The van der Waals surface area contributed by atoms with Crippen molar-refractivity contribution in [3.8, 4) is 5.75 Å². The largest absolute Gasteiger partial charge is 0.497 e. The lowest BCUT2D eigenvalue weighted by molar-refractivity contribution is 0.102. The number of benzene rings is 2. The Kier molecular flexibility index (Phi) is 5.11. The Morgan fingerprint density at radius 3 is 2.56 bits per heavy atom. The van der Waals surface area contributed by atoms with Gasteiger partial charge in [0.1, 0.15) is 23.6 Å².